The number of carbonyl (C=O) groups excluding carboxylic acids is 1. The third-order valence-corrected chi connectivity index (χ3v) is 2.94. The lowest BCUT2D eigenvalue weighted by molar-refractivity contribution is 0.247. The molecule has 0 radical (unpaired) electrons. The highest BCUT2D eigenvalue weighted by molar-refractivity contribution is 9.10. The number of halogens is 2. The summed E-state index contributed by atoms with van der Waals surface area (Å²) in [5, 5.41) is 6.14. The molecule has 1 aliphatic rings. The summed E-state index contributed by atoms with van der Waals surface area (Å²) in [6, 6.07) is 5.42. The zero-order chi connectivity index (χ0) is 10.1. The van der Waals surface area contributed by atoms with Crippen LogP contribution in [0, 0.1) is 0 Å². The van der Waals surface area contributed by atoms with E-state index in [0.29, 0.717) is 11.6 Å². The summed E-state index contributed by atoms with van der Waals surface area (Å²) in [6.45, 7) is 0.578. The van der Waals surface area contributed by atoms with Crippen molar-refractivity contribution in [3.05, 3.63) is 33.3 Å². The van der Waals surface area contributed by atoms with E-state index in [9.17, 15) is 4.79 Å². The molecule has 1 fully saturated rings. The van der Waals surface area contributed by atoms with E-state index < -0.39 is 0 Å². The molecule has 5 heteroatoms. The van der Waals surface area contributed by atoms with Gasteiger partial charge in [0.05, 0.1) is 6.04 Å². The lowest BCUT2D eigenvalue weighted by Crippen LogP contribution is -2.21. The Morgan fingerprint density at radius 1 is 1.50 bits per heavy atom. The summed E-state index contributed by atoms with van der Waals surface area (Å²) in [7, 11) is 0. The predicted octanol–water partition coefficient (Wildman–Crippen LogP) is 2.46. The Bertz CT molecular complexity index is 383. The Balaban J connectivity index is 2.31. The van der Waals surface area contributed by atoms with E-state index >= 15 is 0 Å². The summed E-state index contributed by atoms with van der Waals surface area (Å²) >= 11 is 9.39. The van der Waals surface area contributed by atoms with Crippen LogP contribution in [0.4, 0.5) is 4.79 Å². The minimum Gasteiger partial charge on any atom is -0.336 e. The maximum absolute atomic E-state index is 10.9. The van der Waals surface area contributed by atoms with Crippen molar-refractivity contribution in [3.63, 3.8) is 0 Å². The highest BCUT2D eigenvalue weighted by atomic mass is 79.9. The topological polar surface area (TPSA) is 41.1 Å². The van der Waals surface area contributed by atoms with Gasteiger partial charge in [0, 0.05) is 16.0 Å². The second-order valence-corrected chi connectivity index (χ2v) is 4.40. The smallest absolute Gasteiger partial charge is 0.315 e. The molecule has 1 aromatic carbocycles. The highest BCUT2D eigenvalue weighted by Crippen LogP contribution is 2.27. The van der Waals surface area contributed by atoms with E-state index in [1.165, 1.54) is 0 Å². The molecule has 2 rings (SSSR count). The molecule has 1 aromatic rings. The zero-order valence-corrected chi connectivity index (χ0v) is 9.52. The molecule has 2 amide bonds. The molecule has 0 saturated carbocycles. The minimum atomic E-state index is -0.147. The van der Waals surface area contributed by atoms with Gasteiger partial charge in [0.1, 0.15) is 0 Å². The summed E-state index contributed by atoms with van der Waals surface area (Å²) < 4.78 is 0.957. The number of nitrogens with one attached hydrogen (secondary N) is 2. The third-order valence-electron chi connectivity index (χ3n) is 2.11. The first-order chi connectivity index (χ1) is 6.66. The van der Waals surface area contributed by atoms with Gasteiger partial charge in [0.25, 0.3) is 0 Å². The molecule has 0 aromatic heterocycles. The fourth-order valence-electron chi connectivity index (χ4n) is 1.42. The highest BCUT2D eigenvalue weighted by Gasteiger charge is 2.23. The van der Waals surface area contributed by atoms with Crippen molar-refractivity contribution in [1.82, 2.24) is 10.6 Å². The standard InChI is InChI=1S/C9H8BrClN2O/c10-5-1-2-7(11)6(3-5)8-4-12-9(14)13-8/h1-3,8H,4H2,(H2,12,13,14). The SMILES string of the molecule is O=C1NCC(c2cc(Br)ccc2Cl)N1. The molecular weight excluding hydrogens is 267 g/mol. The van der Waals surface area contributed by atoms with Gasteiger partial charge in [-0.1, -0.05) is 27.5 Å². The van der Waals surface area contributed by atoms with E-state index in [1.807, 2.05) is 18.2 Å². The van der Waals surface area contributed by atoms with Crippen LogP contribution in [0.25, 0.3) is 0 Å². The average Bonchev–Trinajstić information content (AvgIpc) is 2.56. The Hall–Kier alpha value is -0.740. The first kappa shape index (κ1) is 9.80. The monoisotopic (exact) mass is 274 g/mol. The normalized spacial score (nSPS) is 20.4. The van der Waals surface area contributed by atoms with Crippen LogP contribution in [-0.2, 0) is 0 Å². The van der Waals surface area contributed by atoms with Crippen molar-refractivity contribution < 1.29 is 4.79 Å². The van der Waals surface area contributed by atoms with Crippen LogP contribution in [0.1, 0.15) is 11.6 Å². The van der Waals surface area contributed by atoms with E-state index in [4.69, 9.17) is 11.6 Å². The van der Waals surface area contributed by atoms with Gasteiger partial charge in [-0.05, 0) is 23.8 Å². The van der Waals surface area contributed by atoms with E-state index in [1.54, 1.807) is 0 Å². The number of amides is 2. The number of urea groups is 1. The van der Waals surface area contributed by atoms with Crippen molar-refractivity contribution in [3.8, 4) is 0 Å². The van der Waals surface area contributed by atoms with Crippen molar-refractivity contribution in [2.24, 2.45) is 0 Å². The van der Waals surface area contributed by atoms with Crippen LogP contribution in [-0.4, -0.2) is 12.6 Å². The number of hydrogen-bond acceptors (Lipinski definition) is 1. The summed E-state index contributed by atoms with van der Waals surface area (Å²) in [6.07, 6.45) is 0. The molecule has 1 aliphatic heterocycles. The molecule has 0 spiro atoms. The zero-order valence-electron chi connectivity index (χ0n) is 7.18. The average molecular weight is 276 g/mol. The largest absolute Gasteiger partial charge is 0.336 e. The van der Waals surface area contributed by atoms with Crippen LogP contribution in [0.15, 0.2) is 22.7 Å². The molecule has 0 bridgehead atoms. The lowest BCUT2D eigenvalue weighted by atomic mass is 10.1. The van der Waals surface area contributed by atoms with Crippen LogP contribution in [0.3, 0.4) is 0 Å². The Morgan fingerprint density at radius 2 is 2.29 bits per heavy atom. The molecule has 3 nitrogen and oxygen atoms in total. The fourth-order valence-corrected chi connectivity index (χ4v) is 2.05. The van der Waals surface area contributed by atoms with Gasteiger partial charge in [-0.25, -0.2) is 4.79 Å². The fraction of sp³-hybridized carbons (Fsp3) is 0.222. The molecule has 2 N–H and O–H groups in total. The Morgan fingerprint density at radius 3 is 2.93 bits per heavy atom. The van der Waals surface area contributed by atoms with Gasteiger partial charge in [-0.15, -0.1) is 0 Å². The maximum atomic E-state index is 10.9. The van der Waals surface area contributed by atoms with E-state index in [-0.39, 0.29) is 12.1 Å². The van der Waals surface area contributed by atoms with E-state index in [0.717, 1.165) is 10.0 Å². The van der Waals surface area contributed by atoms with Gasteiger partial charge >= 0.3 is 6.03 Å². The van der Waals surface area contributed by atoms with Crippen LogP contribution in [0.2, 0.25) is 5.02 Å². The molecule has 74 valence electrons. The van der Waals surface area contributed by atoms with Crippen molar-refractivity contribution >= 4 is 33.6 Å². The second-order valence-electron chi connectivity index (χ2n) is 3.07. The van der Waals surface area contributed by atoms with Gasteiger partial charge in [0.15, 0.2) is 0 Å². The van der Waals surface area contributed by atoms with Crippen LogP contribution in [0.5, 0.6) is 0 Å². The maximum Gasteiger partial charge on any atom is 0.315 e. The number of carbonyl (C=O) groups is 1. The second kappa shape index (κ2) is 3.79. The molecule has 1 unspecified atom stereocenters. The minimum absolute atomic E-state index is 0.0347. The van der Waals surface area contributed by atoms with Gasteiger partial charge in [-0.2, -0.15) is 0 Å². The van der Waals surface area contributed by atoms with E-state index in [2.05, 4.69) is 26.6 Å². The Labute approximate surface area is 95.0 Å². The lowest BCUT2D eigenvalue weighted by Gasteiger charge is -2.11. The molecule has 1 saturated heterocycles. The van der Waals surface area contributed by atoms with Crippen LogP contribution < -0.4 is 10.6 Å². The number of rotatable bonds is 1. The number of hydrogen-bond donors (Lipinski definition) is 2. The third kappa shape index (κ3) is 1.86. The molecular formula is C9H8BrClN2O. The molecule has 1 atom stereocenters. The predicted molar refractivity (Wildman–Crippen MR) is 58.4 cm³/mol. The van der Waals surface area contributed by atoms with Gasteiger partial charge in [0.2, 0.25) is 0 Å². The molecule has 14 heavy (non-hydrogen) atoms. The first-order valence-electron chi connectivity index (χ1n) is 4.16. The summed E-state index contributed by atoms with van der Waals surface area (Å²) in [5.41, 5.74) is 0.930. The van der Waals surface area contributed by atoms with Crippen LogP contribution >= 0.6 is 27.5 Å². The van der Waals surface area contributed by atoms with Crippen molar-refractivity contribution in [2.45, 2.75) is 6.04 Å². The quantitative estimate of drug-likeness (QED) is 0.812. The van der Waals surface area contributed by atoms with Gasteiger partial charge < -0.3 is 10.6 Å². The molecule has 0 aliphatic carbocycles. The van der Waals surface area contributed by atoms with Gasteiger partial charge in [-0.3, -0.25) is 0 Å². The Kier molecular flexibility index (Phi) is 2.65. The summed E-state index contributed by atoms with van der Waals surface area (Å²) in [5.74, 6) is 0. The first-order valence-corrected chi connectivity index (χ1v) is 5.33. The number of benzene rings is 1. The molecule has 1 heterocycles. The van der Waals surface area contributed by atoms with Crippen molar-refractivity contribution in [2.75, 3.05) is 6.54 Å². The summed E-state index contributed by atoms with van der Waals surface area (Å²) in [4.78, 5) is 10.9. The van der Waals surface area contributed by atoms with Crippen molar-refractivity contribution in [1.29, 1.82) is 0 Å².